The van der Waals surface area contributed by atoms with E-state index in [1.807, 2.05) is 42.5 Å². The largest absolute Gasteiger partial charge is 0.451 e. The number of carbonyl (C=O) groups excluding carboxylic acids is 1. The number of hydrogen-bond donors (Lipinski definition) is 1. The van der Waals surface area contributed by atoms with Crippen molar-refractivity contribution in [2.45, 2.75) is 0 Å². The zero-order valence-electron chi connectivity index (χ0n) is 13.3. The standard InChI is InChI=1S/C19H11N3O4/c23-17(15-9-11-5-1-3-7-13(11)24-15)20-19-22-21-18(26-19)16-10-12-6-2-4-8-14(12)25-16/h1-10H,(H,20,22,23). The van der Waals surface area contributed by atoms with Crippen molar-refractivity contribution in [3.05, 3.63) is 66.4 Å². The molecule has 1 amide bonds. The molecule has 0 aliphatic carbocycles. The summed E-state index contributed by atoms with van der Waals surface area (Å²) in [5.41, 5.74) is 1.35. The van der Waals surface area contributed by atoms with E-state index >= 15 is 0 Å². The number of benzene rings is 2. The molecule has 0 saturated carbocycles. The number of aromatic nitrogens is 2. The first-order valence-electron chi connectivity index (χ1n) is 7.89. The van der Waals surface area contributed by atoms with Crippen LogP contribution in [0.1, 0.15) is 10.6 Å². The van der Waals surface area contributed by atoms with Gasteiger partial charge in [-0.1, -0.05) is 41.5 Å². The number of para-hydroxylation sites is 2. The molecule has 7 heteroatoms. The molecule has 0 aliphatic heterocycles. The molecule has 3 aromatic heterocycles. The summed E-state index contributed by atoms with van der Waals surface area (Å²) in [5, 5.41) is 12.0. The highest BCUT2D eigenvalue weighted by molar-refractivity contribution is 6.03. The molecule has 0 saturated heterocycles. The third-order valence-corrected chi connectivity index (χ3v) is 3.93. The van der Waals surface area contributed by atoms with Gasteiger partial charge in [-0.2, -0.15) is 0 Å². The van der Waals surface area contributed by atoms with Gasteiger partial charge in [0.15, 0.2) is 11.5 Å². The van der Waals surface area contributed by atoms with Crippen molar-refractivity contribution >= 4 is 33.9 Å². The Morgan fingerprint density at radius 1 is 0.808 bits per heavy atom. The maximum Gasteiger partial charge on any atom is 0.323 e. The van der Waals surface area contributed by atoms with E-state index in [-0.39, 0.29) is 17.7 Å². The summed E-state index contributed by atoms with van der Waals surface area (Å²) in [6.07, 6.45) is 0. The quantitative estimate of drug-likeness (QED) is 0.518. The molecule has 0 radical (unpaired) electrons. The molecular formula is C19H11N3O4. The second-order valence-electron chi connectivity index (χ2n) is 5.66. The summed E-state index contributed by atoms with van der Waals surface area (Å²) in [6.45, 7) is 0. The van der Waals surface area contributed by atoms with E-state index < -0.39 is 5.91 Å². The Labute approximate surface area is 146 Å². The van der Waals surface area contributed by atoms with Crippen LogP contribution in [0.4, 0.5) is 6.01 Å². The maximum absolute atomic E-state index is 12.3. The summed E-state index contributed by atoms with van der Waals surface area (Å²) in [7, 11) is 0. The van der Waals surface area contributed by atoms with E-state index in [1.54, 1.807) is 18.2 Å². The predicted molar refractivity (Wildman–Crippen MR) is 93.7 cm³/mol. The van der Waals surface area contributed by atoms with E-state index in [9.17, 15) is 4.79 Å². The van der Waals surface area contributed by atoms with Crippen molar-refractivity contribution in [2.75, 3.05) is 5.32 Å². The molecule has 5 aromatic rings. The average molecular weight is 345 g/mol. The number of rotatable bonds is 3. The fourth-order valence-electron chi connectivity index (χ4n) is 2.71. The van der Waals surface area contributed by atoms with Crippen LogP contribution in [0.25, 0.3) is 33.6 Å². The zero-order chi connectivity index (χ0) is 17.5. The smallest absolute Gasteiger partial charge is 0.323 e. The molecule has 0 unspecified atom stereocenters. The van der Waals surface area contributed by atoms with Crippen molar-refractivity contribution in [3.8, 4) is 11.7 Å². The topological polar surface area (TPSA) is 94.3 Å². The Bertz CT molecular complexity index is 1180. The van der Waals surface area contributed by atoms with Crippen LogP contribution in [-0.4, -0.2) is 16.1 Å². The van der Waals surface area contributed by atoms with Crippen LogP contribution in [0.2, 0.25) is 0 Å². The molecule has 26 heavy (non-hydrogen) atoms. The van der Waals surface area contributed by atoms with Gasteiger partial charge in [0.2, 0.25) is 0 Å². The van der Waals surface area contributed by atoms with Gasteiger partial charge in [-0.05, 0) is 24.3 Å². The van der Waals surface area contributed by atoms with E-state index in [4.69, 9.17) is 13.3 Å². The fraction of sp³-hybridized carbons (Fsp3) is 0. The molecule has 1 N–H and O–H groups in total. The van der Waals surface area contributed by atoms with E-state index in [1.165, 1.54) is 0 Å². The van der Waals surface area contributed by atoms with Gasteiger partial charge in [-0.3, -0.25) is 10.1 Å². The molecule has 0 aliphatic rings. The Hall–Kier alpha value is -3.87. The highest BCUT2D eigenvalue weighted by atomic mass is 16.4. The number of carbonyl (C=O) groups is 1. The molecule has 7 nitrogen and oxygen atoms in total. The van der Waals surface area contributed by atoms with Crippen LogP contribution >= 0.6 is 0 Å². The Morgan fingerprint density at radius 2 is 1.50 bits per heavy atom. The molecule has 5 rings (SSSR count). The van der Waals surface area contributed by atoms with Crippen LogP contribution in [0.15, 0.2) is 73.9 Å². The van der Waals surface area contributed by atoms with Crippen molar-refractivity contribution < 1.29 is 18.0 Å². The molecule has 3 heterocycles. The van der Waals surface area contributed by atoms with Crippen LogP contribution < -0.4 is 5.32 Å². The van der Waals surface area contributed by atoms with Gasteiger partial charge in [0.1, 0.15) is 11.2 Å². The minimum atomic E-state index is -0.471. The van der Waals surface area contributed by atoms with E-state index in [2.05, 4.69) is 15.5 Å². The second-order valence-corrected chi connectivity index (χ2v) is 5.66. The van der Waals surface area contributed by atoms with Crippen molar-refractivity contribution in [1.29, 1.82) is 0 Å². The van der Waals surface area contributed by atoms with Crippen molar-refractivity contribution in [3.63, 3.8) is 0 Å². The maximum atomic E-state index is 12.3. The lowest BCUT2D eigenvalue weighted by Crippen LogP contribution is -2.10. The molecule has 0 spiro atoms. The zero-order valence-corrected chi connectivity index (χ0v) is 13.3. The van der Waals surface area contributed by atoms with Crippen LogP contribution in [-0.2, 0) is 0 Å². The van der Waals surface area contributed by atoms with Gasteiger partial charge in [-0.15, -0.1) is 5.10 Å². The Balaban J connectivity index is 1.40. The number of fused-ring (bicyclic) bond motifs is 2. The molecule has 126 valence electrons. The lowest BCUT2D eigenvalue weighted by Gasteiger charge is -1.95. The minimum Gasteiger partial charge on any atom is -0.451 e. The Morgan fingerprint density at radius 3 is 2.23 bits per heavy atom. The van der Waals surface area contributed by atoms with Crippen molar-refractivity contribution in [2.24, 2.45) is 0 Å². The average Bonchev–Trinajstić information content (AvgIpc) is 3.38. The third-order valence-electron chi connectivity index (χ3n) is 3.93. The molecule has 2 aromatic carbocycles. The van der Waals surface area contributed by atoms with Gasteiger partial charge in [0, 0.05) is 10.8 Å². The normalized spacial score (nSPS) is 11.2. The number of hydrogen-bond acceptors (Lipinski definition) is 6. The molecule has 0 fully saturated rings. The van der Waals surface area contributed by atoms with Gasteiger partial charge in [-0.25, -0.2) is 0 Å². The summed E-state index contributed by atoms with van der Waals surface area (Å²) in [6, 6.07) is 18.3. The van der Waals surface area contributed by atoms with E-state index in [0.29, 0.717) is 16.9 Å². The first-order chi connectivity index (χ1) is 12.8. The summed E-state index contributed by atoms with van der Waals surface area (Å²) < 4.78 is 16.7. The Kier molecular flexibility index (Phi) is 3.11. The van der Waals surface area contributed by atoms with Gasteiger partial charge < -0.3 is 13.3 Å². The van der Waals surface area contributed by atoms with Gasteiger partial charge >= 0.3 is 6.01 Å². The first kappa shape index (κ1) is 14.5. The summed E-state index contributed by atoms with van der Waals surface area (Å²) >= 11 is 0. The lowest BCUT2D eigenvalue weighted by atomic mass is 10.2. The summed E-state index contributed by atoms with van der Waals surface area (Å²) in [5.74, 6) is 0.305. The molecule has 0 bridgehead atoms. The molecular weight excluding hydrogens is 334 g/mol. The minimum absolute atomic E-state index is 0.0362. The SMILES string of the molecule is O=C(Nc1nnc(-c2cc3ccccc3o2)o1)c1cc2ccccc2o1. The lowest BCUT2D eigenvalue weighted by molar-refractivity contribution is 0.0996. The number of nitrogens with one attached hydrogen (secondary N) is 1. The summed E-state index contributed by atoms with van der Waals surface area (Å²) in [4.78, 5) is 12.3. The monoisotopic (exact) mass is 345 g/mol. The predicted octanol–water partition coefficient (Wildman–Crippen LogP) is 4.48. The second kappa shape index (κ2) is 5.59. The highest BCUT2D eigenvalue weighted by Gasteiger charge is 2.18. The van der Waals surface area contributed by atoms with Crippen LogP contribution in [0.3, 0.4) is 0 Å². The first-order valence-corrected chi connectivity index (χ1v) is 7.89. The van der Waals surface area contributed by atoms with Crippen molar-refractivity contribution in [1.82, 2.24) is 10.2 Å². The van der Waals surface area contributed by atoms with Crippen LogP contribution in [0.5, 0.6) is 0 Å². The van der Waals surface area contributed by atoms with Crippen LogP contribution in [0, 0.1) is 0 Å². The fourth-order valence-corrected chi connectivity index (χ4v) is 2.71. The molecule has 0 atom stereocenters. The number of amides is 1. The van der Waals surface area contributed by atoms with Gasteiger partial charge in [0.25, 0.3) is 11.8 Å². The van der Waals surface area contributed by atoms with E-state index in [0.717, 1.165) is 10.8 Å². The van der Waals surface area contributed by atoms with Gasteiger partial charge in [0.05, 0.1) is 0 Å². The third kappa shape index (κ3) is 2.42. The number of anilines is 1. The number of furan rings is 2. The number of nitrogens with zero attached hydrogens (tertiary/aromatic N) is 2. The highest BCUT2D eigenvalue weighted by Crippen LogP contribution is 2.28.